The number of hydrogen-bond donors (Lipinski definition) is 2. The number of hydrogen-bond acceptors (Lipinski definition) is 11. The van der Waals surface area contributed by atoms with Crippen molar-refractivity contribution in [1.82, 2.24) is 19.5 Å². The Kier molecular flexibility index (Phi) is 9.62. The number of ether oxygens (including phenoxy) is 5. The van der Waals surface area contributed by atoms with E-state index >= 15 is 0 Å². The number of anilines is 1. The lowest BCUT2D eigenvalue weighted by molar-refractivity contribution is -0.167. The Hall–Kier alpha value is -5.82. The van der Waals surface area contributed by atoms with Crippen LogP contribution in [0.5, 0.6) is 17.2 Å². The van der Waals surface area contributed by atoms with Gasteiger partial charge in [0, 0.05) is 6.42 Å². The highest BCUT2D eigenvalue weighted by Crippen LogP contribution is 2.45. The predicted octanol–water partition coefficient (Wildman–Crippen LogP) is 5.10. The van der Waals surface area contributed by atoms with E-state index in [1.54, 1.807) is 30.9 Å². The Balaban J connectivity index is 1.35. The summed E-state index contributed by atoms with van der Waals surface area (Å²) in [5, 5.41) is 11.7. The van der Waals surface area contributed by atoms with Crippen LogP contribution in [-0.4, -0.2) is 69.5 Å². The summed E-state index contributed by atoms with van der Waals surface area (Å²) >= 11 is 0. The molecule has 1 fully saturated rings. The van der Waals surface area contributed by atoms with E-state index in [2.05, 4.69) is 15.0 Å². The number of nitrogens with zero attached hydrogens (tertiary/aromatic N) is 4. The van der Waals surface area contributed by atoms with E-state index in [1.807, 2.05) is 97.1 Å². The molecule has 3 N–H and O–H groups in total. The molecule has 51 heavy (non-hydrogen) atoms. The van der Waals surface area contributed by atoms with E-state index in [0.717, 1.165) is 5.56 Å². The molecule has 1 aliphatic heterocycles. The van der Waals surface area contributed by atoms with E-state index < -0.39 is 35.9 Å². The van der Waals surface area contributed by atoms with Gasteiger partial charge in [0.05, 0.1) is 26.7 Å². The number of aliphatic hydroxyl groups excluding tert-OH is 1. The molecule has 2 aromatic heterocycles. The van der Waals surface area contributed by atoms with Crippen molar-refractivity contribution < 1.29 is 33.6 Å². The van der Waals surface area contributed by atoms with Gasteiger partial charge in [0.15, 0.2) is 17.6 Å². The first kappa shape index (κ1) is 33.7. The van der Waals surface area contributed by atoms with Gasteiger partial charge in [-0.3, -0.25) is 9.36 Å². The number of aliphatic hydroxyl groups is 1. The highest BCUT2D eigenvalue weighted by molar-refractivity contribution is 5.85. The Bertz CT molecular complexity index is 2030. The Labute approximate surface area is 294 Å². The molecule has 3 heterocycles. The standard InChI is InChI=1S/C39H37N5O7/c1-47-28-17-13-26(14-18-28)39(25-9-5-3-6-10-25,27-15-19-29(48-2)20-16-27)51-36(32(46)22-49-30-11-7-4-8-12-30)35-31(45)21-33(50-35)44-24-43-34-37(40)41-23-42-38(34)44/h3-20,23-24,31,33,35-36,45H,21-22H2,1-2H3,(H2,40,41,42)/t31-,33+,35-,36?/m0/s1. The molecule has 260 valence electrons. The number of benzene rings is 4. The summed E-state index contributed by atoms with van der Waals surface area (Å²) in [6.45, 7) is -0.347. The number of rotatable bonds is 13. The molecule has 0 spiro atoms. The monoisotopic (exact) mass is 687 g/mol. The van der Waals surface area contributed by atoms with Crippen LogP contribution >= 0.6 is 0 Å². The number of Topliss-reactive ketones (excluding diaryl/α,β-unsaturated/α-hetero) is 1. The minimum absolute atomic E-state index is 0.121. The molecule has 1 unspecified atom stereocenters. The molecule has 1 saturated heterocycles. The molecule has 4 aromatic carbocycles. The lowest BCUT2D eigenvalue weighted by Crippen LogP contribution is -2.49. The fourth-order valence-corrected chi connectivity index (χ4v) is 6.49. The maximum absolute atomic E-state index is 14.5. The molecule has 12 heteroatoms. The number of nitrogens with two attached hydrogens (primary N) is 1. The third-order valence-electron chi connectivity index (χ3n) is 9.05. The van der Waals surface area contributed by atoms with Crippen molar-refractivity contribution in [2.75, 3.05) is 26.6 Å². The third kappa shape index (κ3) is 6.59. The van der Waals surface area contributed by atoms with Crippen molar-refractivity contribution in [2.24, 2.45) is 0 Å². The average Bonchev–Trinajstić information content (AvgIpc) is 3.79. The fraction of sp³-hybridized carbons (Fsp3) is 0.231. The van der Waals surface area contributed by atoms with Gasteiger partial charge in [-0.05, 0) is 53.1 Å². The highest BCUT2D eigenvalue weighted by Gasteiger charge is 2.49. The summed E-state index contributed by atoms with van der Waals surface area (Å²) in [5.74, 6) is 1.59. The molecular weight excluding hydrogens is 650 g/mol. The second-order valence-corrected chi connectivity index (χ2v) is 12.1. The van der Waals surface area contributed by atoms with Gasteiger partial charge in [-0.25, -0.2) is 15.0 Å². The van der Waals surface area contributed by atoms with Crippen molar-refractivity contribution >= 4 is 22.8 Å². The smallest absolute Gasteiger partial charge is 0.201 e. The topological polar surface area (TPSA) is 153 Å². The number of nitrogen functional groups attached to an aromatic ring is 1. The predicted molar refractivity (Wildman–Crippen MR) is 188 cm³/mol. The van der Waals surface area contributed by atoms with Crippen molar-refractivity contribution in [3.05, 3.63) is 139 Å². The van der Waals surface area contributed by atoms with Crippen LogP contribution in [0.15, 0.2) is 122 Å². The average molecular weight is 688 g/mol. The van der Waals surface area contributed by atoms with Gasteiger partial charge >= 0.3 is 0 Å². The molecule has 7 rings (SSSR count). The van der Waals surface area contributed by atoms with Gasteiger partial charge in [-0.15, -0.1) is 0 Å². The van der Waals surface area contributed by atoms with Gasteiger partial charge in [0.25, 0.3) is 0 Å². The van der Waals surface area contributed by atoms with Crippen LogP contribution in [0.2, 0.25) is 0 Å². The maximum Gasteiger partial charge on any atom is 0.201 e. The largest absolute Gasteiger partial charge is 0.497 e. The van der Waals surface area contributed by atoms with Crippen LogP contribution in [0.4, 0.5) is 5.82 Å². The van der Waals surface area contributed by atoms with Gasteiger partial charge in [0.2, 0.25) is 5.78 Å². The van der Waals surface area contributed by atoms with Crippen LogP contribution in [0.1, 0.15) is 29.3 Å². The second kappa shape index (κ2) is 14.6. The summed E-state index contributed by atoms with van der Waals surface area (Å²) in [6, 6.07) is 33.6. The van der Waals surface area contributed by atoms with Gasteiger partial charge in [0.1, 0.15) is 53.6 Å². The third-order valence-corrected chi connectivity index (χ3v) is 9.05. The van der Waals surface area contributed by atoms with Crippen molar-refractivity contribution in [3.8, 4) is 17.2 Å². The summed E-state index contributed by atoms with van der Waals surface area (Å²) in [6.07, 6.45) is -1.34. The van der Waals surface area contributed by atoms with Crippen LogP contribution in [-0.2, 0) is 19.9 Å². The Morgan fingerprint density at radius 1 is 0.843 bits per heavy atom. The molecule has 4 atom stereocenters. The lowest BCUT2D eigenvalue weighted by Gasteiger charge is -2.40. The molecular formula is C39H37N5O7. The molecule has 12 nitrogen and oxygen atoms in total. The number of methoxy groups -OCH3 is 2. The van der Waals surface area contributed by atoms with E-state index in [0.29, 0.717) is 39.5 Å². The molecule has 1 aliphatic rings. The first-order chi connectivity index (χ1) is 24.9. The minimum Gasteiger partial charge on any atom is -0.497 e. The molecule has 0 amide bonds. The SMILES string of the molecule is COc1ccc(C(OC(C(=O)COc2ccccc2)[C@H]2O[C@@H](n3cnc4c(N)ncnc43)C[C@@H]2O)(c2ccccc2)c2ccc(OC)cc2)cc1. The second-order valence-electron chi connectivity index (χ2n) is 12.1. The molecule has 6 aromatic rings. The summed E-state index contributed by atoms with van der Waals surface area (Å²) < 4.78 is 32.4. The van der Waals surface area contributed by atoms with E-state index in [1.165, 1.54) is 12.7 Å². The number of carbonyl (C=O) groups excluding carboxylic acids is 1. The summed E-state index contributed by atoms with van der Waals surface area (Å²) in [7, 11) is 3.19. The first-order valence-corrected chi connectivity index (χ1v) is 16.4. The lowest BCUT2D eigenvalue weighted by atomic mass is 9.79. The summed E-state index contributed by atoms with van der Waals surface area (Å²) in [5.41, 5.74) is 7.65. The molecule has 0 aliphatic carbocycles. The summed E-state index contributed by atoms with van der Waals surface area (Å²) in [4.78, 5) is 27.3. The first-order valence-electron chi connectivity index (χ1n) is 16.4. The normalized spacial score (nSPS) is 18.0. The van der Waals surface area contributed by atoms with Crippen LogP contribution in [0.3, 0.4) is 0 Å². The van der Waals surface area contributed by atoms with E-state index in [9.17, 15) is 9.90 Å². The molecule has 0 saturated carbocycles. The molecule has 0 radical (unpaired) electrons. The Morgan fingerprint density at radius 2 is 1.43 bits per heavy atom. The Morgan fingerprint density at radius 3 is 2.04 bits per heavy atom. The van der Waals surface area contributed by atoms with Gasteiger partial charge in [-0.1, -0.05) is 72.8 Å². The highest BCUT2D eigenvalue weighted by atomic mass is 16.6. The van der Waals surface area contributed by atoms with Crippen molar-refractivity contribution in [2.45, 2.75) is 36.6 Å². The zero-order valence-corrected chi connectivity index (χ0v) is 28.0. The van der Waals surface area contributed by atoms with Crippen LogP contribution < -0.4 is 19.9 Å². The fourth-order valence-electron chi connectivity index (χ4n) is 6.49. The van der Waals surface area contributed by atoms with Crippen LogP contribution in [0, 0.1) is 0 Å². The van der Waals surface area contributed by atoms with Crippen molar-refractivity contribution in [3.63, 3.8) is 0 Å². The quantitative estimate of drug-likeness (QED) is 0.156. The van der Waals surface area contributed by atoms with Gasteiger partial charge in [-0.2, -0.15) is 0 Å². The maximum atomic E-state index is 14.5. The number of fused-ring (bicyclic) bond motifs is 1. The minimum atomic E-state index is -1.39. The number of ketones is 1. The van der Waals surface area contributed by atoms with E-state index in [-0.39, 0.29) is 18.8 Å². The van der Waals surface area contributed by atoms with E-state index in [4.69, 9.17) is 29.4 Å². The number of carbonyl (C=O) groups is 1. The van der Waals surface area contributed by atoms with Crippen molar-refractivity contribution in [1.29, 1.82) is 0 Å². The number of para-hydroxylation sites is 1. The molecule has 0 bridgehead atoms. The zero-order chi connectivity index (χ0) is 35.4. The number of aromatic nitrogens is 4. The number of imidazole rings is 1. The van der Waals surface area contributed by atoms with Gasteiger partial charge < -0.3 is 34.5 Å². The zero-order valence-electron chi connectivity index (χ0n) is 28.0. The van der Waals surface area contributed by atoms with Crippen LogP contribution in [0.25, 0.3) is 11.2 Å².